The Labute approximate surface area is 168 Å². The van der Waals surface area contributed by atoms with Gasteiger partial charge in [-0.3, -0.25) is 4.90 Å². The number of fused-ring (bicyclic) bond motifs is 3. The lowest BCUT2D eigenvalue weighted by Gasteiger charge is -2.36. The molecule has 3 aromatic rings. The molecule has 9 heteroatoms. The summed E-state index contributed by atoms with van der Waals surface area (Å²) in [5.74, 6) is 1.17. The molecule has 0 radical (unpaired) electrons. The number of aromatic nitrogens is 2. The van der Waals surface area contributed by atoms with Gasteiger partial charge in [-0.2, -0.15) is 18.2 Å². The van der Waals surface area contributed by atoms with Gasteiger partial charge in [0.15, 0.2) is 0 Å². The molecule has 1 aromatic carbocycles. The Morgan fingerprint density at radius 1 is 1.14 bits per heavy atom. The highest BCUT2D eigenvalue weighted by atomic mass is 35.5. The number of guanidine groups is 1. The number of alkyl halides is 3. The van der Waals surface area contributed by atoms with E-state index in [-0.39, 0.29) is 11.6 Å². The van der Waals surface area contributed by atoms with Gasteiger partial charge in [-0.1, -0.05) is 11.6 Å². The van der Waals surface area contributed by atoms with E-state index in [4.69, 9.17) is 11.6 Å². The van der Waals surface area contributed by atoms with Gasteiger partial charge in [0.25, 0.3) is 0 Å². The van der Waals surface area contributed by atoms with Crippen molar-refractivity contribution in [3.63, 3.8) is 0 Å². The second-order valence-corrected chi connectivity index (χ2v) is 7.21. The standard InChI is InChI=1S/C20H13ClF3N5/c21-16-4-3-14(20(22,23)24)7-13(16)10-29-18-12(9-27-19(29)28-18)6-11-8-26-17-15(11)2-1-5-25-17/h1-5,7-9H,6,10H2,(H,25,26). The summed E-state index contributed by atoms with van der Waals surface area (Å²) in [5, 5.41) is 1.29. The predicted octanol–water partition coefficient (Wildman–Crippen LogP) is 4.95. The minimum Gasteiger partial charge on any atom is -0.346 e. The van der Waals surface area contributed by atoms with Gasteiger partial charge < -0.3 is 4.98 Å². The van der Waals surface area contributed by atoms with Gasteiger partial charge in [0.2, 0.25) is 5.96 Å². The Balaban J connectivity index is 1.38. The first kappa shape index (κ1) is 17.9. The van der Waals surface area contributed by atoms with E-state index in [0.717, 1.165) is 34.3 Å². The van der Waals surface area contributed by atoms with E-state index in [1.807, 2.05) is 18.3 Å². The van der Waals surface area contributed by atoms with Gasteiger partial charge in [-0.15, -0.1) is 0 Å². The minimum absolute atomic E-state index is 0.174. The molecule has 4 heterocycles. The lowest BCUT2D eigenvalue weighted by Crippen LogP contribution is -2.47. The molecular formula is C20H13ClF3N5. The first-order valence-electron chi connectivity index (χ1n) is 8.80. The van der Waals surface area contributed by atoms with Crippen LogP contribution in [0.4, 0.5) is 13.2 Å². The third-order valence-corrected chi connectivity index (χ3v) is 5.31. The number of H-pyrrole nitrogens is 1. The number of amidine groups is 1. The summed E-state index contributed by atoms with van der Waals surface area (Å²) in [5.41, 5.74) is 2.37. The van der Waals surface area contributed by atoms with E-state index in [1.165, 1.54) is 6.07 Å². The summed E-state index contributed by atoms with van der Waals surface area (Å²) in [6, 6.07) is 7.18. The summed E-state index contributed by atoms with van der Waals surface area (Å²) in [7, 11) is 0. The highest BCUT2D eigenvalue weighted by Crippen LogP contribution is 2.34. The van der Waals surface area contributed by atoms with E-state index in [9.17, 15) is 13.2 Å². The molecule has 0 aliphatic carbocycles. The molecule has 5 rings (SSSR count). The predicted molar refractivity (Wildman–Crippen MR) is 105 cm³/mol. The van der Waals surface area contributed by atoms with Crippen molar-refractivity contribution in [2.45, 2.75) is 19.1 Å². The van der Waals surface area contributed by atoms with Crippen LogP contribution in [0, 0.1) is 0 Å². The second-order valence-electron chi connectivity index (χ2n) is 6.80. The lowest BCUT2D eigenvalue weighted by atomic mass is 10.0. The molecule has 2 bridgehead atoms. The fraction of sp³-hybridized carbons (Fsp3) is 0.150. The average molecular weight is 416 g/mol. The Hall–Kier alpha value is -3.13. The van der Waals surface area contributed by atoms with E-state index in [0.29, 0.717) is 23.8 Å². The Kier molecular flexibility index (Phi) is 3.99. The summed E-state index contributed by atoms with van der Waals surface area (Å²) in [6.07, 6.45) is 1.51. The van der Waals surface area contributed by atoms with Gasteiger partial charge in [0.05, 0.1) is 12.1 Å². The number of hydrogen-bond acceptors (Lipinski definition) is 4. The van der Waals surface area contributed by atoms with Crippen molar-refractivity contribution in [1.82, 2.24) is 14.9 Å². The van der Waals surface area contributed by atoms with Crippen LogP contribution in [-0.4, -0.2) is 26.7 Å². The van der Waals surface area contributed by atoms with Crippen molar-refractivity contribution in [3.05, 3.63) is 76.2 Å². The number of aromatic amines is 1. The van der Waals surface area contributed by atoms with Crippen LogP contribution in [0.1, 0.15) is 16.7 Å². The fourth-order valence-electron chi connectivity index (χ4n) is 3.48. The van der Waals surface area contributed by atoms with E-state index in [2.05, 4.69) is 20.0 Å². The van der Waals surface area contributed by atoms with Gasteiger partial charge in [0.1, 0.15) is 11.5 Å². The smallest absolute Gasteiger partial charge is 0.346 e. The van der Waals surface area contributed by atoms with E-state index < -0.39 is 11.7 Å². The second kappa shape index (κ2) is 6.45. The van der Waals surface area contributed by atoms with Crippen molar-refractivity contribution in [3.8, 4) is 0 Å². The van der Waals surface area contributed by atoms with Gasteiger partial charge in [-0.05, 0) is 41.5 Å². The lowest BCUT2D eigenvalue weighted by molar-refractivity contribution is -0.137. The van der Waals surface area contributed by atoms with Crippen LogP contribution in [0.3, 0.4) is 0 Å². The summed E-state index contributed by atoms with van der Waals surface area (Å²) >= 11 is 6.15. The molecule has 0 atom stereocenters. The molecule has 0 amide bonds. The average Bonchev–Trinajstić information content (AvgIpc) is 3.09. The zero-order valence-electron chi connectivity index (χ0n) is 14.8. The Morgan fingerprint density at radius 3 is 2.79 bits per heavy atom. The number of benzene rings is 1. The van der Waals surface area contributed by atoms with Crippen LogP contribution in [0.25, 0.3) is 11.0 Å². The number of rotatable bonds is 4. The zero-order valence-corrected chi connectivity index (χ0v) is 15.6. The highest BCUT2D eigenvalue weighted by Gasteiger charge is 2.35. The molecule has 2 aliphatic heterocycles. The van der Waals surface area contributed by atoms with E-state index in [1.54, 1.807) is 17.3 Å². The maximum Gasteiger partial charge on any atom is 0.416 e. The molecule has 29 heavy (non-hydrogen) atoms. The van der Waals surface area contributed by atoms with Crippen LogP contribution in [-0.2, 0) is 19.1 Å². The number of halogens is 4. The molecule has 0 unspecified atom stereocenters. The number of aliphatic imine (C=N–C) groups is 2. The molecule has 0 saturated carbocycles. The summed E-state index contributed by atoms with van der Waals surface area (Å²) in [6.45, 7) is 0.174. The van der Waals surface area contributed by atoms with Crippen LogP contribution >= 0.6 is 11.6 Å². The number of hydrogen-bond donors (Lipinski definition) is 1. The molecule has 146 valence electrons. The van der Waals surface area contributed by atoms with Gasteiger partial charge in [-0.25, -0.2) is 9.98 Å². The largest absolute Gasteiger partial charge is 0.416 e. The Bertz CT molecular complexity index is 1220. The van der Waals surface area contributed by atoms with Gasteiger partial charge >= 0.3 is 6.18 Å². The van der Waals surface area contributed by atoms with Crippen LogP contribution < -0.4 is 0 Å². The maximum absolute atomic E-state index is 13.0. The zero-order chi connectivity index (χ0) is 20.2. The molecule has 1 N–H and O–H groups in total. The number of nitrogens with one attached hydrogen (secondary N) is 1. The van der Waals surface area contributed by atoms with Crippen LogP contribution in [0.15, 0.2) is 64.5 Å². The molecule has 2 aromatic heterocycles. The fourth-order valence-corrected chi connectivity index (χ4v) is 3.66. The maximum atomic E-state index is 13.0. The molecule has 5 nitrogen and oxygen atoms in total. The molecular weight excluding hydrogens is 403 g/mol. The highest BCUT2D eigenvalue weighted by molar-refractivity contribution is 6.31. The monoisotopic (exact) mass is 415 g/mol. The van der Waals surface area contributed by atoms with Crippen molar-refractivity contribution in [1.29, 1.82) is 0 Å². The third kappa shape index (κ3) is 3.09. The van der Waals surface area contributed by atoms with Crippen molar-refractivity contribution in [2.75, 3.05) is 0 Å². The molecule has 2 aliphatic rings. The normalized spacial score (nSPS) is 15.7. The van der Waals surface area contributed by atoms with Crippen molar-refractivity contribution in [2.24, 2.45) is 9.98 Å². The minimum atomic E-state index is -4.42. The molecule has 0 fully saturated rings. The summed E-state index contributed by atoms with van der Waals surface area (Å²) in [4.78, 5) is 17.9. The first-order valence-corrected chi connectivity index (χ1v) is 9.18. The van der Waals surface area contributed by atoms with Crippen molar-refractivity contribution >= 4 is 34.4 Å². The SMILES string of the molecule is FC(F)(F)c1ccc(Cl)c(CN2c3ncc(Cc4c[nH]c5ncccc45)c2n3)c1. The third-order valence-electron chi connectivity index (χ3n) is 4.95. The Morgan fingerprint density at radius 2 is 2.00 bits per heavy atom. The summed E-state index contributed by atoms with van der Waals surface area (Å²) < 4.78 is 39.1. The number of pyridine rings is 1. The van der Waals surface area contributed by atoms with E-state index >= 15 is 0 Å². The van der Waals surface area contributed by atoms with Crippen molar-refractivity contribution < 1.29 is 13.2 Å². The van der Waals surface area contributed by atoms with Crippen LogP contribution in [0.2, 0.25) is 5.02 Å². The topological polar surface area (TPSA) is 56.6 Å². The first-order chi connectivity index (χ1) is 13.9. The quantitative estimate of drug-likeness (QED) is 0.655. The molecule has 0 saturated heterocycles. The van der Waals surface area contributed by atoms with Gasteiger partial charge in [0, 0.05) is 41.0 Å². The van der Waals surface area contributed by atoms with Crippen LogP contribution in [0.5, 0.6) is 0 Å². The molecule has 0 spiro atoms. The number of nitrogens with zero attached hydrogens (tertiary/aromatic N) is 4.